The second-order valence-electron chi connectivity index (χ2n) is 17.6. The third-order valence-electron chi connectivity index (χ3n) is 11.4. The predicted molar refractivity (Wildman–Crippen MR) is 329 cm³/mol. The quantitative estimate of drug-likeness (QED) is 0.0758. The first-order valence-corrected chi connectivity index (χ1v) is 27.8. The zero-order valence-corrected chi connectivity index (χ0v) is 49.2. The molecule has 0 fully saturated rings. The maximum Gasteiger partial charge on any atom is 0.247 e. The third kappa shape index (κ3) is 14.5. The summed E-state index contributed by atoms with van der Waals surface area (Å²) in [6.07, 6.45) is 6.41. The number of anilines is 4. The number of nitrogen functional groups attached to an aromatic ring is 4. The number of hydrogen-bond donors (Lipinski definition) is 5. The van der Waals surface area contributed by atoms with E-state index < -0.39 is 0 Å². The number of hydrogen-bond acceptors (Lipinski definition) is 26. The topological polar surface area (TPSA) is 367 Å². The molecule has 0 aliphatic rings. The van der Waals surface area contributed by atoms with Gasteiger partial charge in [-0.2, -0.15) is 39.9 Å². The maximum atomic E-state index is 9.90. The number of fused-ring (bicyclic) bond motifs is 4. The Balaban J connectivity index is 0.000000136. The molecule has 0 amide bonds. The first-order valence-electron chi connectivity index (χ1n) is 25.8. The molecule has 9 aromatic heterocycles. The maximum absolute atomic E-state index is 9.90. The van der Waals surface area contributed by atoms with Crippen molar-refractivity contribution in [1.82, 2.24) is 79.7 Å². The Kier molecular flexibility index (Phi) is 19.0. The number of halogens is 3. The highest BCUT2D eigenvalue weighted by molar-refractivity contribution is 7.19. The van der Waals surface area contributed by atoms with Gasteiger partial charge in [-0.1, -0.05) is 64.1 Å². The highest BCUT2D eigenvalue weighted by Gasteiger charge is 2.18. The first kappa shape index (κ1) is 59.7. The minimum atomic E-state index is 0.0792. The minimum absolute atomic E-state index is 0.0792. The van der Waals surface area contributed by atoms with E-state index in [4.69, 9.17) is 76.7 Å². The van der Waals surface area contributed by atoms with Gasteiger partial charge in [0.15, 0.2) is 44.7 Å². The molecule has 0 spiro atoms. The van der Waals surface area contributed by atoms with E-state index >= 15 is 0 Å². The summed E-state index contributed by atoms with van der Waals surface area (Å²) in [6, 6.07) is 22.0. The summed E-state index contributed by atoms with van der Waals surface area (Å²) < 4.78 is 22.5. The summed E-state index contributed by atoms with van der Waals surface area (Å²) in [7, 11) is 0. The van der Waals surface area contributed by atoms with Gasteiger partial charge < -0.3 is 47.0 Å². The van der Waals surface area contributed by atoms with Crippen molar-refractivity contribution in [2.75, 3.05) is 49.4 Å². The number of aryl methyl sites for hydroxylation is 2. The van der Waals surface area contributed by atoms with Crippen LogP contribution in [0.15, 0.2) is 97.6 Å². The molecule has 0 unspecified atom stereocenters. The van der Waals surface area contributed by atoms with Crippen molar-refractivity contribution in [2.45, 2.75) is 41.5 Å². The van der Waals surface area contributed by atoms with E-state index in [0.717, 1.165) is 16.1 Å². The molecule has 3 aromatic carbocycles. The molecule has 432 valence electrons. The summed E-state index contributed by atoms with van der Waals surface area (Å²) >= 11 is 19.6. The summed E-state index contributed by atoms with van der Waals surface area (Å²) in [6.45, 7) is 13.3. The van der Waals surface area contributed by atoms with Gasteiger partial charge in [0.2, 0.25) is 47.3 Å². The smallest absolute Gasteiger partial charge is 0.247 e. The molecular weight excluding hydrogens is 1170 g/mol. The van der Waals surface area contributed by atoms with E-state index in [-0.39, 0.29) is 41.3 Å². The lowest BCUT2D eigenvalue weighted by atomic mass is 10.1. The number of phenols is 1. The number of ether oxygens (including phenoxy) is 4. The molecule has 9 heterocycles. The molecular formula is C56H51Cl3N20O5S. The second-order valence-corrected chi connectivity index (χ2v) is 20.2. The van der Waals surface area contributed by atoms with Gasteiger partial charge >= 0.3 is 0 Å². The van der Waals surface area contributed by atoms with Crippen LogP contribution in [0.2, 0.25) is 14.4 Å². The fourth-order valence-corrected chi connectivity index (χ4v) is 9.40. The van der Waals surface area contributed by atoms with Gasteiger partial charge in [-0.05, 0) is 96.1 Å². The van der Waals surface area contributed by atoms with Gasteiger partial charge in [0.05, 0.1) is 88.2 Å². The molecule has 0 saturated carbocycles. The van der Waals surface area contributed by atoms with Crippen LogP contribution < -0.4 is 41.9 Å². The molecule has 12 rings (SSSR count). The Hall–Kier alpha value is -9.89. The molecule has 0 aliphatic heterocycles. The minimum Gasteiger partial charge on any atom is -0.507 e. The Morgan fingerprint density at radius 3 is 1.26 bits per heavy atom. The molecule has 0 saturated heterocycles. The van der Waals surface area contributed by atoms with Crippen molar-refractivity contribution in [3.8, 4) is 73.6 Å². The van der Waals surface area contributed by atoms with Crippen LogP contribution in [0.1, 0.15) is 38.8 Å². The Labute approximate surface area is 503 Å². The second kappa shape index (κ2) is 27.0. The Bertz CT molecular complexity index is 4380. The van der Waals surface area contributed by atoms with Gasteiger partial charge in [0, 0.05) is 21.7 Å². The van der Waals surface area contributed by atoms with E-state index in [1.54, 1.807) is 55.0 Å². The standard InChI is InChI=1S/C16H17N5O.C14H11Cl2N5O.C14H13N5O2.C12H10ClN5OS/c1-4-22-15-13-14(20-16(17)21-15)18-8-12(19-13)11-6-9(2)5-10(3)7-11;1-2-22-13-11-12(20-14(17)21-13)18-6-10(19-11)8-5-7(15)3-4-9(8)16;1-2-21-13-11-12(18-14(15)19-13)16-7-9(17-11)8-5-3-4-6-10(8)20;1-2-19-11-9-10(17-12(14)18-11)15-5-6(16-9)7-3-4-8(13)20-7/h5-8H,4H2,1-3H3,(H2,17,18,20,21);3-6H,2H2,1H3,(H2,17,18,20,21);3-7,20H,2H2,1H3,(H2,15,16,18,19);3-5H,2H2,1H3,(H2,14,15,17,18). The molecule has 12 aromatic rings. The van der Waals surface area contributed by atoms with E-state index in [2.05, 4.69) is 112 Å². The highest BCUT2D eigenvalue weighted by atomic mass is 35.5. The zero-order chi connectivity index (χ0) is 60.3. The fraction of sp³-hybridized carbons (Fsp3) is 0.179. The van der Waals surface area contributed by atoms with Gasteiger partial charge in [0.25, 0.3) is 0 Å². The van der Waals surface area contributed by atoms with Crippen molar-refractivity contribution in [2.24, 2.45) is 0 Å². The van der Waals surface area contributed by atoms with Crippen molar-refractivity contribution < 1.29 is 24.1 Å². The van der Waals surface area contributed by atoms with Gasteiger partial charge in [-0.25, -0.2) is 39.9 Å². The summed E-state index contributed by atoms with van der Waals surface area (Å²) in [4.78, 5) is 68.5. The Morgan fingerprint density at radius 1 is 0.435 bits per heavy atom. The molecule has 25 nitrogen and oxygen atoms in total. The van der Waals surface area contributed by atoms with Crippen LogP contribution in [0.5, 0.6) is 29.3 Å². The van der Waals surface area contributed by atoms with Crippen LogP contribution in [-0.4, -0.2) is 111 Å². The van der Waals surface area contributed by atoms with E-state index in [0.29, 0.717) is 125 Å². The van der Waals surface area contributed by atoms with Crippen LogP contribution in [0.25, 0.3) is 89.0 Å². The molecule has 0 aliphatic carbocycles. The summed E-state index contributed by atoms with van der Waals surface area (Å²) in [5.41, 5.74) is 33.1. The number of aromatic hydroxyl groups is 1. The van der Waals surface area contributed by atoms with Crippen molar-refractivity contribution in [1.29, 1.82) is 0 Å². The lowest BCUT2D eigenvalue weighted by Gasteiger charge is -2.08. The number of thiophene rings is 1. The lowest BCUT2D eigenvalue weighted by Crippen LogP contribution is -2.04. The number of para-hydroxylation sites is 1. The summed E-state index contributed by atoms with van der Waals surface area (Å²) in [5, 5.41) is 11.0. The lowest BCUT2D eigenvalue weighted by molar-refractivity contribution is 0.330. The van der Waals surface area contributed by atoms with Crippen molar-refractivity contribution in [3.63, 3.8) is 0 Å². The van der Waals surface area contributed by atoms with Gasteiger partial charge in [0.1, 0.15) is 5.75 Å². The van der Waals surface area contributed by atoms with Crippen LogP contribution in [0.3, 0.4) is 0 Å². The molecule has 85 heavy (non-hydrogen) atoms. The van der Waals surface area contributed by atoms with Gasteiger partial charge in [-0.3, -0.25) is 0 Å². The normalized spacial score (nSPS) is 10.8. The number of nitrogens with zero attached hydrogens (tertiary/aromatic N) is 16. The van der Waals surface area contributed by atoms with E-state index in [9.17, 15) is 5.11 Å². The average Bonchev–Trinajstić information content (AvgIpc) is 3.37. The van der Waals surface area contributed by atoms with Crippen molar-refractivity contribution in [3.05, 3.63) is 123 Å². The SMILES string of the molecule is CCOc1nc(N)nc2ncc(-c3cc(C)cc(C)c3)nc12.CCOc1nc(N)nc2ncc(-c3cc(Cl)ccc3Cl)nc12.CCOc1nc(N)nc2ncc(-c3ccc(Cl)s3)nc12.CCOc1nc(N)nc2ncc(-c3ccccc3O)nc12. The third-order valence-corrected chi connectivity index (χ3v) is 13.2. The van der Waals surface area contributed by atoms with Crippen LogP contribution >= 0.6 is 46.1 Å². The van der Waals surface area contributed by atoms with Crippen LogP contribution in [-0.2, 0) is 0 Å². The van der Waals surface area contributed by atoms with E-state index in [1.165, 1.54) is 28.7 Å². The van der Waals surface area contributed by atoms with Crippen molar-refractivity contribution >= 4 is 115 Å². The molecule has 0 atom stereocenters. The number of nitrogens with two attached hydrogens (primary N) is 4. The molecule has 0 radical (unpaired) electrons. The monoisotopic (exact) mass is 1220 g/mol. The number of rotatable bonds is 12. The van der Waals surface area contributed by atoms with Crippen LogP contribution in [0.4, 0.5) is 23.8 Å². The average molecular weight is 1220 g/mol. The van der Waals surface area contributed by atoms with E-state index in [1.807, 2.05) is 45.9 Å². The molecule has 29 heteroatoms. The first-order chi connectivity index (χ1) is 41.0. The highest BCUT2D eigenvalue weighted by Crippen LogP contribution is 2.34. The summed E-state index contributed by atoms with van der Waals surface area (Å²) in [5.74, 6) is 1.80. The number of aromatic nitrogens is 16. The van der Waals surface area contributed by atoms with Gasteiger partial charge in [-0.15, -0.1) is 11.3 Å². The Morgan fingerprint density at radius 2 is 0.835 bits per heavy atom. The molecule has 9 N–H and O–H groups in total. The molecule has 0 bridgehead atoms. The predicted octanol–water partition coefficient (Wildman–Crippen LogP) is 10.6. The zero-order valence-electron chi connectivity index (χ0n) is 46.2. The fourth-order valence-electron chi connectivity index (χ4n) is 8.02. The largest absolute Gasteiger partial charge is 0.507 e. The number of benzene rings is 3. The van der Waals surface area contributed by atoms with Crippen LogP contribution in [0, 0.1) is 13.8 Å². The number of phenolic OH excluding ortho intramolecular Hbond substituents is 1.